The summed E-state index contributed by atoms with van der Waals surface area (Å²) in [5, 5.41) is 13.9. The standard InChI is InChI=1S/C21H15BrCl2N2O3S/c1-29-21(28)18-17(12-3-2-4-13(22)8-12)14(9-25)20(26-19(18)27)30-10-11-5-6-15(23)16(24)7-11/h2-8,17-18H,10H2,1H3,(H,26,27)/t17-,18-/m1/s1. The molecule has 0 saturated carbocycles. The minimum atomic E-state index is -1.16. The summed E-state index contributed by atoms with van der Waals surface area (Å²) < 4.78 is 5.62. The van der Waals surface area contributed by atoms with Gasteiger partial charge in [0.25, 0.3) is 0 Å². The molecule has 0 unspecified atom stereocenters. The Morgan fingerprint density at radius 3 is 2.67 bits per heavy atom. The van der Waals surface area contributed by atoms with Crippen LogP contribution in [0.5, 0.6) is 0 Å². The van der Waals surface area contributed by atoms with Crippen LogP contribution >= 0.6 is 50.9 Å². The van der Waals surface area contributed by atoms with E-state index in [0.29, 0.717) is 32.0 Å². The van der Waals surface area contributed by atoms with Crippen LogP contribution in [0.3, 0.4) is 0 Å². The van der Waals surface area contributed by atoms with Crippen molar-refractivity contribution in [1.29, 1.82) is 5.26 Å². The van der Waals surface area contributed by atoms with Gasteiger partial charge in [-0.05, 0) is 35.4 Å². The number of nitriles is 1. The summed E-state index contributed by atoms with van der Waals surface area (Å²) in [6.07, 6.45) is 0. The molecule has 9 heteroatoms. The van der Waals surface area contributed by atoms with Gasteiger partial charge in [0.2, 0.25) is 5.91 Å². The number of halogens is 3. The number of nitrogens with zero attached hydrogens (tertiary/aromatic N) is 1. The van der Waals surface area contributed by atoms with Crippen molar-refractivity contribution in [3.63, 3.8) is 0 Å². The maximum atomic E-state index is 12.8. The van der Waals surface area contributed by atoms with Gasteiger partial charge in [0.15, 0.2) is 0 Å². The normalized spacial score (nSPS) is 18.6. The third kappa shape index (κ3) is 4.84. The zero-order chi connectivity index (χ0) is 21.8. The number of nitrogens with one attached hydrogen (secondary N) is 1. The molecule has 0 bridgehead atoms. The predicted molar refractivity (Wildman–Crippen MR) is 121 cm³/mol. The summed E-state index contributed by atoms with van der Waals surface area (Å²) in [4.78, 5) is 25.2. The molecule has 0 aliphatic carbocycles. The van der Waals surface area contributed by atoms with Crippen molar-refractivity contribution in [1.82, 2.24) is 5.32 Å². The van der Waals surface area contributed by atoms with Crippen molar-refractivity contribution < 1.29 is 14.3 Å². The molecule has 1 N–H and O–H groups in total. The number of hydrogen-bond donors (Lipinski definition) is 1. The molecule has 0 spiro atoms. The first-order valence-electron chi connectivity index (χ1n) is 8.70. The minimum absolute atomic E-state index is 0.299. The molecular formula is C21H15BrCl2N2O3S. The molecule has 5 nitrogen and oxygen atoms in total. The number of methoxy groups -OCH3 is 1. The summed E-state index contributed by atoms with van der Waals surface area (Å²) in [6.45, 7) is 0. The first-order chi connectivity index (χ1) is 14.3. The maximum absolute atomic E-state index is 12.8. The van der Waals surface area contributed by atoms with Crippen LogP contribution in [-0.4, -0.2) is 19.0 Å². The fourth-order valence-corrected chi connectivity index (χ4v) is 4.89. The van der Waals surface area contributed by atoms with Crippen LogP contribution in [0.25, 0.3) is 0 Å². The number of allylic oxidation sites excluding steroid dienone is 1. The van der Waals surface area contributed by atoms with Gasteiger partial charge >= 0.3 is 5.97 Å². The van der Waals surface area contributed by atoms with Crippen molar-refractivity contribution in [2.75, 3.05) is 7.11 Å². The van der Waals surface area contributed by atoms with Gasteiger partial charge < -0.3 is 10.1 Å². The van der Waals surface area contributed by atoms with E-state index in [4.69, 9.17) is 27.9 Å². The molecule has 30 heavy (non-hydrogen) atoms. The summed E-state index contributed by atoms with van der Waals surface area (Å²) in [6, 6.07) is 14.6. The SMILES string of the molecule is COC(=O)[C@H]1C(=O)NC(SCc2ccc(Cl)c(Cl)c2)=C(C#N)[C@H]1c1cccc(Br)c1. The van der Waals surface area contributed by atoms with E-state index in [1.54, 1.807) is 30.3 Å². The van der Waals surface area contributed by atoms with E-state index >= 15 is 0 Å². The molecule has 2 atom stereocenters. The van der Waals surface area contributed by atoms with Gasteiger partial charge in [0, 0.05) is 16.1 Å². The summed E-state index contributed by atoms with van der Waals surface area (Å²) in [5.74, 6) is -2.68. The highest BCUT2D eigenvalue weighted by Crippen LogP contribution is 2.41. The van der Waals surface area contributed by atoms with E-state index in [1.165, 1.54) is 18.9 Å². The van der Waals surface area contributed by atoms with Crippen LogP contribution in [-0.2, 0) is 20.1 Å². The molecule has 154 valence electrons. The minimum Gasteiger partial charge on any atom is -0.468 e. The number of carbonyl (C=O) groups excluding carboxylic acids is 2. The highest BCUT2D eigenvalue weighted by Gasteiger charge is 2.44. The van der Waals surface area contributed by atoms with Gasteiger partial charge in [-0.15, -0.1) is 11.8 Å². The smallest absolute Gasteiger partial charge is 0.319 e. The average molecular weight is 526 g/mol. The molecule has 0 radical (unpaired) electrons. The molecule has 0 saturated heterocycles. The fraction of sp³-hybridized carbons (Fsp3) is 0.190. The monoisotopic (exact) mass is 524 g/mol. The van der Waals surface area contributed by atoms with Gasteiger partial charge in [-0.2, -0.15) is 5.26 Å². The second-order valence-corrected chi connectivity index (χ2v) is 9.13. The topological polar surface area (TPSA) is 79.2 Å². The third-order valence-corrected chi connectivity index (χ3v) is 6.88. The zero-order valence-electron chi connectivity index (χ0n) is 15.6. The average Bonchev–Trinajstić information content (AvgIpc) is 2.73. The summed E-state index contributed by atoms with van der Waals surface area (Å²) >= 11 is 16.7. The molecule has 0 fully saturated rings. The Morgan fingerprint density at radius 1 is 1.27 bits per heavy atom. The van der Waals surface area contributed by atoms with Gasteiger partial charge in [-0.25, -0.2) is 0 Å². The van der Waals surface area contributed by atoms with Crippen molar-refractivity contribution in [2.24, 2.45) is 5.92 Å². The second-order valence-electron chi connectivity index (χ2n) is 6.41. The van der Waals surface area contributed by atoms with Crippen molar-refractivity contribution in [3.8, 4) is 6.07 Å². The number of hydrogen-bond acceptors (Lipinski definition) is 5. The van der Waals surface area contributed by atoms with E-state index in [1.807, 2.05) is 12.1 Å². The number of amides is 1. The second kappa shape index (κ2) is 9.88. The van der Waals surface area contributed by atoms with E-state index in [0.717, 1.165) is 10.0 Å². The Hall–Kier alpha value is -1.98. The zero-order valence-corrected chi connectivity index (χ0v) is 19.5. The summed E-state index contributed by atoms with van der Waals surface area (Å²) in [5.41, 5.74) is 1.84. The van der Waals surface area contributed by atoms with Crippen LogP contribution < -0.4 is 5.32 Å². The Bertz CT molecular complexity index is 1080. The number of ether oxygens (including phenoxy) is 1. The molecule has 1 aliphatic rings. The Kier molecular flexibility index (Phi) is 7.48. The summed E-state index contributed by atoms with van der Waals surface area (Å²) in [7, 11) is 1.22. The van der Waals surface area contributed by atoms with E-state index in [2.05, 4.69) is 27.3 Å². The quantitative estimate of drug-likeness (QED) is 0.416. The third-order valence-electron chi connectivity index (χ3n) is 4.56. The fourth-order valence-electron chi connectivity index (χ4n) is 3.16. The molecule has 0 aromatic heterocycles. The Morgan fingerprint density at radius 2 is 2.03 bits per heavy atom. The molecular weight excluding hydrogens is 511 g/mol. The first-order valence-corrected chi connectivity index (χ1v) is 11.2. The van der Waals surface area contributed by atoms with Crippen molar-refractivity contribution in [2.45, 2.75) is 11.7 Å². The number of benzene rings is 2. The van der Waals surface area contributed by atoms with Gasteiger partial charge in [0.1, 0.15) is 5.92 Å². The molecule has 2 aromatic carbocycles. The first kappa shape index (κ1) is 22.7. The molecule has 2 aromatic rings. The molecule has 1 aliphatic heterocycles. The Labute approximate surface area is 196 Å². The van der Waals surface area contributed by atoms with E-state index in [9.17, 15) is 14.9 Å². The van der Waals surface area contributed by atoms with E-state index in [-0.39, 0.29) is 0 Å². The molecule has 3 rings (SSSR count). The number of carbonyl (C=O) groups is 2. The van der Waals surface area contributed by atoms with Gasteiger partial charge in [-0.1, -0.05) is 57.3 Å². The highest BCUT2D eigenvalue weighted by atomic mass is 79.9. The van der Waals surface area contributed by atoms with Crippen LogP contribution in [0, 0.1) is 17.2 Å². The molecule has 1 amide bonds. The lowest BCUT2D eigenvalue weighted by atomic mass is 9.78. The maximum Gasteiger partial charge on any atom is 0.319 e. The highest BCUT2D eigenvalue weighted by molar-refractivity contribution is 9.10. The lowest BCUT2D eigenvalue weighted by molar-refractivity contribution is -0.150. The van der Waals surface area contributed by atoms with Gasteiger partial charge in [-0.3, -0.25) is 9.59 Å². The Balaban J connectivity index is 2.02. The number of thioether (sulfide) groups is 1. The van der Waals surface area contributed by atoms with Crippen LogP contribution in [0.2, 0.25) is 10.0 Å². The number of rotatable bonds is 5. The predicted octanol–water partition coefficient (Wildman–Crippen LogP) is 5.43. The van der Waals surface area contributed by atoms with Gasteiger partial charge in [0.05, 0.1) is 33.8 Å². The largest absolute Gasteiger partial charge is 0.468 e. The van der Waals surface area contributed by atoms with E-state index < -0.39 is 23.7 Å². The van der Waals surface area contributed by atoms with Crippen LogP contribution in [0.1, 0.15) is 17.0 Å². The van der Waals surface area contributed by atoms with Crippen LogP contribution in [0.4, 0.5) is 0 Å². The molecule has 1 heterocycles. The number of esters is 1. The van der Waals surface area contributed by atoms with Crippen LogP contribution in [0.15, 0.2) is 57.5 Å². The lowest BCUT2D eigenvalue weighted by Crippen LogP contribution is -2.44. The van der Waals surface area contributed by atoms with Crippen molar-refractivity contribution in [3.05, 3.63) is 78.7 Å². The lowest BCUT2D eigenvalue weighted by Gasteiger charge is -2.31. The van der Waals surface area contributed by atoms with Crippen molar-refractivity contribution >= 4 is 62.8 Å².